The molecule has 0 aliphatic heterocycles. The zero-order chi connectivity index (χ0) is 10.9. The average molecular weight is 204 g/mol. The fraction of sp³-hybridized carbons (Fsp3) is 0.692. The summed E-state index contributed by atoms with van der Waals surface area (Å²) in [6.07, 6.45) is 6.93. The molecule has 2 heteroatoms. The van der Waals surface area contributed by atoms with Crippen LogP contribution in [0.3, 0.4) is 0 Å². The third kappa shape index (κ3) is 0.756. The number of hydrogen-bond donors (Lipinski definition) is 0. The summed E-state index contributed by atoms with van der Waals surface area (Å²) in [6.45, 7) is 4.25. The van der Waals surface area contributed by atoms with Gasteiger partial charge in [-0.05, 0) is 18.8 Å². The number of ketones is 2. The second-order valence-electron chi connectivity index (χ2n) is 5.84. The zero-order valence-corrected chi connectivity index (χ0v) is 9.30. The molecule has 0 aromatic rings. The highest BCUT2D eigenvalue weighted by atomic mass is 16.1. The van der Waals surface area contributed by atoms with Gasteiger partial charge in [-0.1, -0.05) is 19.1 Å². The number of carbonyl (C=O) groups is 2. The van der Waals surface area contributed by atoms with Gasteiger partial charge in [-0.25, -0.2) is 0 Å². The number of rotatable bonds is 0. The molecule has 0 aromatic heterocycles. The number of carbonyl (C=O) groups excluding carboxylic acids is 2. The molecule has 2 fully saturated rings. The van der Waals surface area contributed by atoms with Gasteiger partial charge in [0.05, 0.1) is 5.41 Å². The Kier molecular flexibility index (Phi) is 1.40. The molecule has 15 heavy (non-hydrogen) atoms. The normalized spacial score (nSPS) is 52.4. The summed E-state index contributed by atoms with van der Waals surface area (Å²) in [5.41, 5.74) is -0.424. The van der Waals surface area contributed by atoms with Crippen molar-refractivity contribution in [1.82, 2.24) is 0 Å². The van der Waals surface area contributed by atoms with Crippen LogP contribution in [0.5, 0.6) is 0 Å². The molecule has 2 bridgehead atoms. The highest BCUT2D eigenvalue weighted by molar-refractivity contribution is 5.96. The summed E-state index contributed by atoms with van der Waals surface area (Å²) in [4.78, 5) is 23.7. The van der Waals surface area contributed by atoms with E-state index in [1.54, 1.807) is 0 Å². The highest BCUT2D eigenvalue weighted by Gasteiger charge is 2.70. The molecule has 0 heterocycles. The predicted molar refractivity (Wildman–Crippen MR) is 56.3 cm³/mol. The molecule has 3 atom stereocenters. The minimum atomic E-state index is -0.298. The molecule has 0 saturated heterocycles. The first-order chi connectivity index (χ1) is 6.94. The molecule has 2 saturated carbocycles. The standard InChI is InChI=1S/C13H16O2/c1-11-5-6-13(8-10(11)15)7-9(14)3-4-12(11,13)2/h5-6H,3-4,7-8H2,1-2H3/t11-,12-,13-/m0/s1. The van der Waals surface area contributed by atoms with Gasteiger partial charge in [0.25, 0.3) is 0 Å². The van der Waals surface area contributed by atoms with E-state index in [4.69, 9.17) is 0 Å². The van der Waals surface area contributed by atoms with Gasteiger partial charge in [0, 0.05) is 24.7 Å². The van der Waals surface area contributed by atoms with Gasteiger partial charge in [0.15, 0.2) is 0 Å². The van der Waals surface area contributed by atoms with Crippen LogP contribution >= 0.6 is 0 Å². The van der Waals surface area contributed by atoms with Crippen LogP contribution in [0.4, 0.5) is 0 Å². The van der Waals surface area contributed by atoms with Crippen molar-refractivity contribution in [2.45, 2.75) is 39.5 Å². The fourth-order valence-corrected chi connectivity index (χ4v) is 3.99. The SMILES string of the molecule is C[C@@]12CCC(=O)C[C@]13C=C[C@@]2(C)C(=O)C3. The number of allylic oxidation sites excluding steroid dienone is 2. The predicted octanol–water partition coefficient (Wildman–Crippen LogP) is 2.28. The van der Waals surface area contributed by atoms with Crippen LogP contribution in [-0.4, -0.2) is 11.6 Å². The average Bonchev–Trinajstić information content (AvgIpc) is 2.48. The minimum Gasteiger partial charge on any atom is -0.300 e. The Balaban J connectivity index is 2.19. The van der Waals surface area contributed by atoms with Crippen molar-refractivity contribution in [2.75, 3.05) is 0 Å². The third-order valence-electron chi connectivity index (χ3n) is 5.45. The first-order valence-corrected chi connectivity index (χ1v) is 5.69. The lowest BCUT2D eigenvalue weighted by molar-refractivity contribution is -0.129. The molecular formula is C13H16O2. The Hall–Kier alpha value is -0.920. The van der Waals surface area contributed by atoms with Gasteiger partial charge in [-0.3, -0.25) is 9.59 Å². The van der Waals surface area contributed by atoms with Gasteiger partial charge in [0.2, 0.25) is 0 Å². The van der Waals surface area contributed by atoms with Crippen LogP contribution in [-0.2, 0) is 9.59 Å². The van der Waals surface area contributed by atoms with E-state index in [2.05, 4.69) is 26.0 Å². The number of Topliss-reactive ketones (excluding diaryl/α,β-unsaturated/α-hetero) is 2. The molecule has 0 spiro atoms. The Morgan fingerprint density at radius 3 is 2.53 bits per heavy atom. The summed E-state index contributed by atoms with van der Waals surface area (Å²) >= 11 is 0. The lowest BCUT2D eigenvalue weighted by Crippen LogP contribution is -2.43. The van der Waals surface area contributed by atoms with Crippen LogP contribution < -0.4 is 0 Å². The van der Waals surface area contributed by atoms with Crippen molar-refractivity contribution in [3.63, 3.8) is 0 Å². The van der Waals surface area contributed by atoms with Crippen LogP contribution in [0.15, 0.2) is 12.2 Å². The van der Waals surface area contributed by atoms with Crippen molar-refractivity contribution < 1.29 is 9.59 Å². The van der Waals surface area contributed by atoms with Gasteiger partial charge in [0.1, 0.15) is 11.6 Å². The Bertz CT molecular complexity index is 405. The maximum absolute atomic E-state index is 12.1. The molecule has 3 aliphatic carbocycles. The van der Waals surface area contributed by atoms with E-state index < -0.39 is 0 Å². The van der Waals surface area contributed by atoms with Gasteiger partial charge < -0.3 is 0 Å². The van der Waals surface area contributed by atoms with E-state index in [9.17, 15) is 9.59 Å². The maximum Gasteiger partial charge on any atom is 0.143 e. The molecule has 3 aliphatic rings. The highest BCUT2D eigenvalue weighted by Crippen LogP contribution is 2.71. The number of hydrogen-bond acceptors (Lipinski definition) is 2. The molecule has 0 N–H and O–H groups in total. The van der Waals surface area contributed by atoms with Gasteiger partial charge in [-0.2, -0.15) is 0 Å². The smallest absolute Gasteiger partial charge is 0.143 e. The summed E-state index contributed by atoms with van der Waals surface area (Å²) in [5, 5.41) is 0. The second-order valence-corrected chi connectivity index (χ2v) is 5.84. The summed E-state index contributed by atoms with van der Waals surface area (Å²) in [5.74, 6) is 0.665. The Morgan fingerprint density at radius 2 is 1.87 bits per heavy atom. The van der Waals surface area contributed by atoms with Crippen LogP contribution in [0.2, 0.25) is 0 Å². The Labute approximate surface area is 89.7 Å². The molecule has 80 valence electrons. The van der Waals surface area contributed by atoms with Crippen molar-refractivity contribution in [3.8, 4) is 0 Å². The summed E-state index contributed by atoms with van der Waals surface area (Å²) in [6, 6.07) is 0. The van der Waals surface area contributed by atoms with Crippen LogP contribution in [0.25, 0.3) is 0 Å². The zero-order valence-electron chi connectivity index (χ0n) is 9.30. The topological polar surface area (TPSA) is 34.1 Å². The van der Waals surface area contributed by atoms with E-state index in [1.807, 2.05) is 0 Å². The third-order valence-corrected chi connectivity index (χ3v) is 5.45. The fourth-order valence-electron chi connectivity index (χ4n) is 3.99. The lowest BCUT2D eigenvalue weighted by atomic mass is 9.56. The maximum atomic E-state index is 12.1. The second kappa shape index (κ2) is 2.26. The van der Waals surface area contributed by atoms with Crippen molar-refractivity contribution in [3.05, 3.63) is 12.2 Å². The van der Waals surface area contributed by atoms with Crippen molar-refractivity contribution >= 4 is 11.6 Å². The summed E-state index contributed by atoms with van der Waals surface area (Å²) in [7, 11) is 0. The van der Waals surface area contributed by atoms with Gasteiger partial charge in [-0.15, -0.1) is 0 Å². The van der Waals surface area contributed by atoms with Crippen molar-refractivity contribution in [2.24, 2.45) is 16.2 Å². The first-order valence-electron chi connectivity index (χ1n) is 5.69. The first kappa shape index (κ1) is 9.32. The minimum absolute atomic E-state index is 0.00495. The molecule has 0 radical (unpaired) electrons. The van der Waals surface area contributed by atoms with E-state index in [-0.39, 0.29) is 16.2 Å². The van der Waals surface area contributed by atoms with E-state index in [0.29, 0.717) is 30.8 Å². The van der Waals surface area contributed by atoms with Crippen molar-refractivity contribution in [1.29, 1.82) is 0 Å². The molecular weight excluding hydrogens is 188 g/mol. The molecule has 0 aromatic carbocycles. The molecule has 3 rings (SSSR count). The lowest BCUT2D eigenvalue weighted by Gasteiger charge is -2.46. The molecule has 0 unspecified atom stereocenters. The monoisotopic (exact) mass is 204 g/mol. The Morgan fingerprint density at radius 1 is 1.13 bits per heavy atom. The van der Waals surface area contributed by atoms with E-state index >= 15 is 0 Å². The van der Waals surface area contributed by atoms with Gasteiger partial charge >= 0.3 is 0 Å². The van der Waals surface area contributed by atoms with E-state index in [1.165, 1.54) is 0 Å². The van der Waals surface area contributed by atoms with Crippen LogP contribution in [0, 0.1) is 16.2 Å². The molecule has 0 amide bonds. The largest absolute Gasteiger partial charge is 0.300 e. The molecule has 2 nitrogen and oxygen atoms in total. The van der Waals surface area contributed by atoms with Crippen LogP contribution in [0.1, 0.15) is 39.5 Å². The quantitative estimate of drug-likeness (QED) is 0.567. The van der Waals surface area contributed by atoms with E-state index in [0.717, 1.165) is 6.42 Å². The summed E-state index contributed by atoms with van der Waals surface area (Å²) < 4.78 is 0.